The highest BCUT2D eigenvalue weighted by molar-refractivity contribution is 5.88. The first-order valence-electron chi connectivity index (χ1n) is 9.02. The van der Waals surface area contributed by atoms with Crippen LogP contribution in [0, 0.1) is 6.92 Å². The van der Waals surface area contributed by atoms with Gasteiger partial charge in [0, 0.05) is 38.1 Å². The van der Waals surface area contributed by atoms with Crippen LogP contribution in [0.3, 0.4) is 0 Å². The summed E-state index contributed by atoms with van der Waals surface area (Å²) in [6, 6.07) is 18.8. The van der Waals surface area contributed by atoms with E-state index in [0.29, 0.717) is 6.54 Å². The number of aryl methyl sites for hydroxylation is 1. The fraction of sp³-hybridized carbons (Fsp3) is 0.182. The van der Waals surface area contributed by atoms with E-state index >= 15 is 0 Å². The molecule has 4 aromatic rings. The molecule has 0 saturated carbocycles. The molecule has 0 aliphatic carbocycles. The number of H-pyrrole nitrogens is 1. The molecule has 0 bridgehead atoms. The van der Waals surface area contributed by atoms with Gasteiger partial charge in [-0.25, -0.2) is 9.97 Å². The van der Waals surface area contributed by atoms with Gasteiger partial charge in [0.2, 0.25) is 0 Å². The van der Waals surface area contributed by atoms with E-state index in [9.17, 15) is 0 Å². The van der Waals surface area contributed by atoms with Gasteiger partial charge < -0.3 is 15.2 Å². The molecule has 0 spiro atoms. The zero-order valence-electron chi connectivity index (χ0n) is 15.8. The maximum absolute atomic E-state index is 4.79. The number of aromatic amines is 1. The van der Waals surface area contributed by atoms with Crippen molar-refractivity contribution in [3.05, 3.63) is 71.9 Å². The summed E-state index contributed by atoms with van der Waals surface area (Å²) in [5.74, 6) is 1.65. The van der Waals surface area contributed by atoms with E-state index in [1.54, 1.807) is 6.20 Å². The Labute approximate surface area is 159 Å². The minimum atomic E-state index is 0.695. The molecule has 0 saturated heterocycles. The Morgan fingerprint density at radius 2 is 1.89 bits per heavy atom. The van der Waals surface area contributed by atoms with Crippen molar-refractivity contribution < 1.29 is 0 Å². The first-order chi connectivity index (χ1) is 13.1. The molecule has 2 aromatic carbocycles. The predicted octanol–water partition coefficient (Wildman–Crippen LogP) is 4.61. The lowest BCUT2D eigenvalue weighted by atomic mass is 10.1. The van der Waals surface area contributed by atoms with Gasteiger partial charge >= 0.3 is 0 Å². The van der Waals surface area contributed by atoms with Crippen molar-refractivity contribution in [2.24, 2.45) is 0 Å². The molecule has 4 rings (SSSR count). The summed E-state index contributed by atoms with van der Waals surface area (Å²) in [5, 5.41) is 3.43. The fourth-order valence-electron chi connectivity index (χ4n) is 3.12. The second kappa shape index (κ2) is 7.11. The highest BCUT2D eigenvalue weighted by Gasteiger charge is 2.10. The van der Waals surface area contributed by atoms with E-state index < -0.39 is 0 Å². The molecule has 0 amide bonds. The van der Waals surface area contributed by atoms with Crippen LogP contribution < -0.4 is 10.2 Å². The van der Waals surface area contributed by atoms with Crippen molar-refractivity contribution in [1.29, 1.82) is 0 Å². The van der Waals surface area contributed by atoms with Gasteiger partial charge in [0.05, 0.1) is 5.52 Å². The molecule has 0 aliphatic rings. The van der Waals surface area contributed by atoms with E-state index in [-0.39, 0.29) is 0 Å². The minimum Gasteiger partial charge on any atom is -0.378 e. The zero-order chi connectivity index (χ0) is 18.8. The third-order valence-corrected chi connectivity index (χ3v) is 4.58. The Hall–Kier alpha value is -3.34. The Morgan fingerprint density at radius 1 is 1.04 bits per heavy atom. The molecular weight excluding hydrogens is 334 g/mol. The van der Waals surface area contributed by atoms with E-state index in [1.165, 1.54) is 16.8 Å². The van der Waals surface area contributed by atoms with Crippen LogP contribution >= 0.6 is 0 Å². The van der Waals surface area contributed by atoms with Crippen molar-refractivity contribution >= 4 is 22.5 Å². The van der Waals surface area contributed by atoms with Crippen LogP contribution in [0.4, 0.5) is 11.5 Å². The highest BCUT2D eigenvalue weighted by Crippen LogP contribution is 2.25. The average Bonchev–Trinajstić information content (AvgIpc) is 3.11. The number of aromatic nitrogens is 3. The molecule has 136 valence electrons. The van der Waals surface area contributed by atoms with Gasteiger partial charge in [-0.15, -0.1) is 0 Å². The molecule has 27 heavy (non-hydrogen) atoms. The number of benzene rings is 2. The van der Waals surface area contributed by atoms with Crippen LogP contribution in [0.2, 0.25) is 0 Å². The summed E-state index contributed by atoms with van der Waals surface area (Å²) in [7, 11) is 4.09. The molecule has 0 unspecified atom stereocenters. The highest BCUT2D eigenvalue weighted by atomic mass is 15.1. The van der Waals surface area contributed by atoms with Crippen molar-refractivity contribution in [3.8, 4) is 11.4 Å². The molecule has 5 heteroatoms. The molecule has 2 aromatic heterocycles. The standard InChI is InChI=1S/C22H23N5/c1-15-6-4-8-17(12-15)21-25-19-10-11-23-22(20(19)26-21)24-14-16-7-5-9-18(13-16)27(2)3/h4-13H,14H2,1-3H3,(H,23,24)(H,25,26). The number of hydrogen-bond acceptors (Lipinski definition) is 4. The number of hydrogen-bond donors (Lipinski definition) is 2. The summed E-state index contributed by atoms with van der Waals surface area (Å²) in [6.45, 7) is 2.78. The average molecular weight is 357 g/mol. The van der Waals surface area contributed by atoms with Gasteiger partial charge in [-0.05, 0) is 36.8 Å². The zero-order valence-corrected chi connectivity index (χ0v) is 15.8. The number of nitrogens with zero attached hydrogens (tertiary/aromatic N) is 3. The number of pyridine rings is 1. The molecule has 2 N–H and O–H groups in total. The summed E-state index contributed by atoms with van der Waals surface area (Å²) >= 11 is 0. The van der Waals surface area contributed by atoms with Crippen LogP contribution in [-0.4, -0.2) is 29.0 Å². The Bertz CT molecular complexity index is 1080. The maximum atomic E-state index is 4.79. The molecule has 2 heterocycles. The molecule has 5 nitrogen and oxygen atoms in total. The molecule has 0 fully saturated rings. The Balaban J connectivity index is 1.62. The molecule has 0 atom stereocenters. The number of anilines is 2. The maximum Gasteiger partial charge on any atom is 0.154 e. The van der Waals surface area contributed by atoms with E-state index in [2.05, 4.69) is 69.6 Å². The lowest BCUT2D eigenvalue weighted by molar-refractivity contribution is 1.09. The van der Waals surface area contributed by atoms with Gasteiger partial charge in [-0.1, -0.05) is 35.9 Å². The van der Waals surface area contributed by atoms with Crippen molar-refractivity contribution in [1.82, 2.24) is 15.0 Å². The predicted molar refractivity (Wildman–Crippen MR) is 112 cm³/mol. The fourth-order valence-corrected chi connectivity index (χ4v) is 3.12. The van der Waals surface area contributed by atoms with Gasteiger partial charge in [0.15, 0.2) is 5.82 Å². The Kier molecular flexibility index (Phi) is 4.50. The second-order valence-corrected chi connectivity index (χ2v) is 6.93. The first-order valence-corrected chi connectivity index (χ1v) is 9.02. The van der Waals surface area contributed by atoms with Crippen LogP contribution in [0.1, 0.15) is 11.1 Å². The van der Waals surface area contributed by atoms with Crippen LogP contribution in [0.5, 0.6) is 0 Å². The summed E-state index contributed by atoms with van der Waals surface area (Å²) < 4.78 is 0. The van der Waals surface area contributed by atoms with E-state index in [0.717, 1.165) is 28.2 Å². The summed E-state index contributed by atoms with van der Waals surface area (Å²) in [4.78, 5) is 14.8. The Morgan fingerprint density at radius 3 is 2.70 bits per heavy atom. The minimum absolute atomic E-state index is 0.695. The molecule has 0 aliphatic heterocycles. The smallest absolute Gasteiger partial charge is 0.154 e. The van der Waals surface area contributed by atoms with Crippen LogP contribution in [0.15, 0.2) is 60.8 Å². The van der Waals surface area contributed by atoms with Gasteiger partial charge in [-0.3, -0.25) is 0 Å². The monoisotopic (exact) mass is 357 g/mol. The first kappa shape index (κ1) is 17.1. The van der Waals surface area contributed by atoms with Crippen LogP contribution in [-0.2, 0) is 6.54 Å². The third kappa shape index (κ3) is 3.62. The number of imidazole rings is 1. The van der Waals surface area contributed by atoms with Crippen molar-refractivity contribution in [2.75, 3.05) is 24.3 Å². The van der Waals surface area contributed by atoms with Crippen molar-refractivity contribution in [2.45, 2.75) is 13.5 Å². The van der Waals surface area contributed by atoms with E-state index in [4.69, 9.17) is 4.98 Å². The van der Waals surface area contributed by atoms with E-state index in [1.807, 2.05) is 26.2 Å². The SMILES string of the molecule is Cc1cccc(-c2nc3c(NCc4cccc(N(C)C)c4)nccc3[nH]2)c1. The lowest BCUT2D eigenvalue weighted by Crippen LogP contribution is -2.09. The van der Waals surface area contributed by atoms with Crippen LogP contribution in [0.25, 0.3) is 22.4 Å². The number of fused-ring (bicyclic) bond motifs is 1. The summed E-state index contributed by atoms with van der Waals surface area (Å²) in [5.41, 5.74) is 6.52. The molecular formula is C22H23N5. The molecule has 0 radical (unpaired) electrons. The third-order valence-electron chi connectivity index (χ3n) is 4.58. The van der Waals surface area contributed by atoms with Gasteiger partial charge in [0.25, 0.3) is 0 Å². The van der Waals surface area contributed by atoms with Gasteiger partial charge in [0.1, 0.15) is 11.3 Å². The summed E-state index contributed by atoms with van der Waals surface area (Å²) in [6.07, 6.45) is 1.80. The number of nitrogens with one attached hydrogen (secondary N) is 2. The second-order valence-electron chi connectivity index (χ2n) is 6.93. The quantitative estimate of drug-likeness (QED) is 0.547. The topological polar surface area (TPSA) is 56.8 Å². The number of rotatable bonds is 5. The largest absolute Gasteiger partial charge is 0.378 e. The van der Waals surface area contributed by atoms with Gasteiger partial charge in [-0.2, -0.15) is 0 Å². The normalized spacial score (nSPS) is 10.9. The van der Waals surface area contributed by atoms with Crippen molar-refractivity contribution in [3.63, 3.8) is 0 Å². The lowest BCUT2D eigenvalue weighted by Gasteiger charge is -2.14.